The summed E-state index contributed by atoms with van der Waals surface area (Å²) in [4.78, 5) is 16.9. The molecule has 0 aromatic carbocycles. The smallest absolute Gasteiger partial charge is 0.231 e. The highest BCUT2D eigenvalue weighted by molar-refractivity contribution is 7.98. The molecule has 0 spiro atoms. The van der Waals surface area contributed by atoms with E-state index in [9.17, 15) is 4.79 Å². The van der Waals surface area contributed by atoms with Gasteiger partial charge in [-0.15, -0.1) is 0 Å². The van der Waals surface area contributed by atoms with Crippen molar-refractivity contribution in [2.45, 2.75) is 45.3 Å². The van der Waals surface area contributed by atoms with Crippen molar-refractivity contribution in [1.29, 1.82) is 0 Å². The summed E-state index contributed by atoms with van der Waals surface area (Å²) in [6.45, 7) is 4.27. The summed E-state index contributed by atoms with van der Waals surface area (Å²) in [6.07, 6.45) is 6.48. The molecule has 4 nitrogen and oxygen atoms in total. The third-order valence-corrected chi connectivity index (χ3v) is 5.54. The third-order valence-electron chi connectivity index (χ3n) is 4.53. The van der Waals surface area contributed by atoms with E-state index in [0.717, 1.165) is 29.9 Å². The molecule has 2 N–H and O–H groups in total. The average molecular weight is 322 g/mol. The van der Waals surface area contributed by atoms with E-state index >= 15 is 0 Å². The predicted octanol–water partition coefficient (Wildman–Crippen LogP) is 3.46. The van der Waals surface area contributed by atoms with Crippen LogP contribution in [0.4, 0.5) is 5.82 Å². The van der Waals surface area contributed by atoms with E-state index in [0.29, 0.717) is 11.7 Å². The molecule has 0 unspecified atom stereocenters. The summed E-state index contributed by atoms with van der Waals surface area (Å²) in [5.74, 6) is 2.69. The lowest BCUT2D eigenvalue weighted by molar-refractivity contribution is -0.126. The van der Waals surface area contributed by atoms with Crippen molar-refractivity contribution in [2.75, 3.05) is 17.7 Å². The van der Waals surface area contributed by atoms with E-state index in [-0.39, 0.29) is 17.9 Å². The number of carbonyl (C=O) groups is 1. The van der Waals surface area contributed by atoms with Crippen LogP contribution in [0.15, 0.2) is 18.3 Å². The maximum absolute atomic E-state index is 12.6. The molecule has 0 saturated heterocycles. The topological polar surface area (TPSA) is 62.2 Å². The maximum Gasteiger partial charge on any atom is 0.231 e. The standard InChI is InChI=1S/C17H26N2O2S/c1-17(2,14-5-3-4-6-14)16(21)19-15-11-13(7-8-18-15)12-22-10-9-20/h7-8,11,14,20H,3-6,9-10,12H2,1-2H3,(H,18,19,21). The van der Waals surface area contributed by atoms with E-state index in [1.54, 1.807) is 18.0 Å². The Labute approximate surface area is 137 Å². The van der Waals surface area contributed by atoms with E-state index in [4.69, 9.17) is 5.11 Å². The second kappa shape index (κ2) is 7.97. The molecule has 1 aromatic rings. The minimum atomic E-state index is -0.347. The molecule has 0 bridgehead atoms. The number of pyridine rings is 1. The molecule has 1 saturated carbocycles. The van der Waals surface area contributed by atoms with Crippen LogP contribution in [0, 0.1) is 11.3 Å². The molecule has 1 aliphatic rings. The monoisotopic (exact) mass is 322 g/mol. The number of aromatic nitrogens is 1. The number of carbonyl (C=O) groups excluding carboxylic acids is 1. The van der Waals surface area contributed by atoms with Crippen LogP contribution in [0.1, 0.15) is 45.1 Å². The lowest BCUT2D eigenvalue weighted by Gasteiger charge is -2.30. The fraction of sp³-hybridized carbons (Fsp3) is 0.647. The number of nitrogens with one attached hydrogen (secondary N) is 1. The Balaban J connectivity index is 1.97. The number of rotatable bonds is 7. The first-order valence-electron chi connectivity index (χ1n) is 7.99. The first-order chi connectivity index (χ1) is 10.5. The number of anilines is 1. The molecule has 0 aliphatic heterocycles. The highest BCUT2D eigenvalue weighted by Crippen LogP contribution is 2.40. The molecule has 1 heterocycles. The van der Waals surface area contributed by atoms with Gasteiger partial charge in [-0.3, -0.25) is 4.79 Å². The van der Waals surface area contributed by atoms with Gasteiger partial charge in [-0.1, -0.05) is 26.7 Å². The van der Waals surface area contributed by atoms with Gasteiger partial charge in [-0.05, 0) is 36.5 Å². The summed E-state index contributed by atoms with van der Waals surface area (Å²) in [7, 11) is 0. The maximum atomic E-state index is 12.6. The van der Waals surface area contributed by atoms with Crippen LogP contribution < -0.4 is 5.32 Å². The average Bonchev–Trinajstić information content (AvgIpc) is 3.03. The Morgan fingerprint density at radius 3 is 2.86 bits per heavy atom. The zero-order valence-electron chi connectivity index (χ0n) is 13.5. The molecular formula is C17H26N2O2S. The van der Waals surface area contributed by atoms with Crippen molar-refractivity contribution in [2.24, 2.45) is 11.3 Å². The molecule has 1 aliphatic carbocycles. The Hall–Kier alpha value is -1.07. The van der Waals surface area contributed by atoms with Crippen LogP contribution in [-0.4, -0.2) is 28.4 Å². The van der Waals surface area contributed by atoms with Gasteiger partial charge in [0.25, 0.3) is 0 Å². The molecule has 1 amide bonds. The Bertz CT molecular complexity index is 499. The predicted molar refractivity (Wildman–Crippen MR) is 91.9 cm³/mol. The number of aliphatic hydroxyl groups is 1. The lowest BCUT2D eigenvalue weighted by atomic mass is 9.77. The highest BCUT2D eigenvalue weighted by Gasteiger charge is 2.38. The number of nitrogens with zero attached hydrogens (tertiary/aromatic N) is 1. The van der Waals surface area contributed by atoms with Gasteiger partial charge in [-0.2, -0.15) is 11.8 Å². The quantitative estimate of drug-likeness (QED) is 0.755. The zero-order chi connectivity index (χ0) is 16.0. The van der Waals surface area contributed by atoms with Gasteiger partial charge in [-0.25, -0.2) is 4.98 Å². The van der Waals surface area contributed by atoms with E-state index in [2.05, 4.69) is 10.3 Å². The SMILES string of the molecule is CC(C)(C(=O)Nc1cc(CSCCO)ccn1)C1CCCC1. The number of amides is 1. The second-order valence-electron chi connectivity index (χ2n) is 6.48. The summed E-state index contributed by atoms with van der Waals surface area (Å²) < 4.78 is 0. The summed E-state index contributed by atoms with van der Waals surface area (Å²) in [5, 5.41) is 11.8. The summed E-state index contributed by atoms with van der Waals surface area (Å²) >= 11 is 1.67. The Morgan fingerprint density at radius 1 is 1.45 bits per heavy atom. The molecule has 0 atom stereocenters. The normalized spacial score (nSPS) is 16.0. The minimum Gasteiger partial charge on any atom is -0.396 e. The summed E-state index contributed by atoms with van der Waals surface area (Å²) in [5.41, 5.74) is 0.766. The molecule has 122 valence electrons. The second-order valence-corrected chi connectivity index (χ2v) is 7.59. The minimum absolute atomic E-state index is 0.0621. The number of thioether (sulfide) groups is 1. The number of hydrogen-bond acceptors (Lipinski definition) is 4. The van der Waals surface area contributed by atoms with Crippen molar-refractivity contribution < 1.29 is 9.90 Å². The Kier molecular flexibility index (Phi) is 6.26. The van der Waals surface area contributed by atoms with Crippen molar-refractivity contribution in [1.82, 2.24) is 4.98 Å². The van der Waals surface area contributed by atoms with Crippen molar-refractivity contribution in [3.63, 3.8) is 0 Å². The van der Waals surface area contributed by atoms with Crippen molar-refractivity contribution in [3.8, 4) is 0 Å². The first kappa shape index (κ1) is 17.3. The Morgan fingerprint density at radius 2 is 2.18 bits per heavy atom. The molecule has 1 aromatic heterocycles. The van der Waals surface area contributed by atoms with Crippen LogP contribution in [0.25, 0.3) is 0 Å². The highest BCUT2D eigenvalue weighted by atomic mass is 32.2. The van der Waals surface area contributed by atoms with Gasteiger partial charge >= 0.3 is 0 Å². The van der Waals surface area contributed by atoms with Crippen molar-refractivity contribution in [3.05, 3.63) is 23.9 Å². The third kappa shape index (κ3) is 4.46. The molecule has 0 radical (unpaired) electrons. The van der Waals surface area contributed by atoms with Gasteiger partial charge in [0, 0.05) is 23.1 Å². The van der Waals surface area contributed by atoms with E-state index < -0.39 is 0 Å². The fourth-order valence-electron chi connectivity index (χ4n) is 3.00. The van der Waals surface area contributed by atoms with E-state index in [1.165, 1.54) is 12.8 Å². The van der Waals surface area contributed by atoms with Crippen LogP contribution >= 0.6 is 11.8 Å². The van der Waals surface area contributed by atoms with Crippen molar-refractivity contribution >= 4 is 23.5 Å². The molecule has 5 heteroatoms. The number of aliphatic hydroxyl groups excluding tert-OH is 1. The molecule has 22 heavy (non-hydrogen) atoms. The van der Waals surface area contributed by atoms with Gasteiger partial charge < -0.3 is 10.4 Å². The molecule has 2 rings (SSSR count). The molecule has 1 fully saturated rings. The van der Waals surface area contributed by atoms with Gasteiger partial charge in [0.2, 0.25) is 5.91 Å². The van der Waals surface area contributed by atoms with Gasteiger partial charge in [0.15, 0.2) is 0 Å². The van der Waals surface area contributed by atoms with Crippen LogP contribution in [-0.2, 0) is 10.5 Å². The fourth-order valence-corrected chi connectivity index (χ4v) is 3.69. The lowest BCUT2D eigenvalue weighted by Crippen LogP contribution is -2.36. The summed E-state index contributed by atoms with van der Waals surface area (Å²) in [6, 6.07) is 3.87. The van der Waals surface area contributed by atoms with Crippen LogP contribution in [0.2, 0.25) is 0 Å². The van der Waals surface area contributed by atoms with Crippen LogP contribution in [0.5, 0.6) is 0 Å². The zero-order valence-corrected chi connectivity index (χ0v) is 14.3. The van der Waals surface area contributed by atoms with E-state index in [1.807, 2.05) is 26.0 Å². The van der Waals surface area contributed by atoms with Gasteiger partial charge in [0.1, 0.15) is 5.82 Å². The van der Waals surface area contributed by atoms with Gasteiger partial charge in [0.05, 0.1) is 6.61 Å². The first-order valence-corrected chi connectivity index (χ1v) is 9.14. The molecular weight excluding hydrogens is 296 g/mol. The largest absolute Gasteiger partial charge is 0.396 e. The van der Waals surface area contributed by atoms with Crippen LogP contribution in [0.3, 0.4) is 0 Å². The number of hydrogen-bond donors (Lipinski definition) is 2.